The highest BCUT2D eigenvalue weighted by Crippen LogP contribution is 2.37. The minimum atomic E-state index is -1.31. The Bertz CT molecular complexity index is 918. The van der Waals surface area contributed by atoms with Crippen LogP contribution in [0, 0.1) is 0 Å². The summed E-state index contributed by atoms with van der Waals surface area (Å²) < 4.78 is 0. The van der Waals surface area contributed by atoms with E-state index in [1.807, 2.05) is 0 Å². The van der Waals surface area contributed by atoms with E-state index in [9.17, 15) is 24.6 Å². The molecule has 0 fully saturated rings. The molecule has 0 bridgehead atoms. The van der Waals surface area contributed by atoms with Gasteiger partial charge in [-0.1, -0.05) is 24.3 Å². The molecule has 0 aliphatic heterocycles. The first kappa shape index (κ1) is 16.7. The number of nitrogen functional groups attached to an aromatic ring is 1. The van der Waals surface area contributed by atoms with Crippen LogP contribution >= 0.6 is 0 Å². The van der Waals surface area contributed by atoms with Gasteiger partial charge in [0.25, 0.3) is 0 Å². The van der Waals surface area contributed by atoms with Gasteiger partial charge in [-0.05, 0) is 13.0 Å². The number of carboxylic acids is 1. The van der Waals surface area contributed by atoms with Gasteiger partial charge in [0.1, 0.15) is 0 Å². The van der Waals surface area contributed by atoms with Crippen molar-refractivity contribution in [3.8, 4) is 0 Å². The average molecular weight is 340 g/mol. The number of hydrogen-bond acceptors (Lipinski definition) is 6. The number of nitrogens with one attached hydrogen (secondary N) is 1. The Balaban J connectivity index is 2.29. The fourth-order valence-corrected chi connectivity index (χ4v) is 2.89. The van der Waals surface area contributed by atoms with Gasteiger partial charge in [0.15, 0.2) is 11.6 Å². The summed E-state index contributed by atoms with van der Waals surface area (Å²) in [5.74, 6) is -2.22. The average Bonchev–Trinajstić information content (AvgIpc) is 2.57. The fourth-order valence-electron chi connectivity index (χ4n) is 2.89. The minimum Gasteiger partial charge on any atom is -0.478 e. The molecule has 0 saturated heterocycles. The maximum absolute atomic E-state index is 12.9. The van der Waals surface area contributed by atoms with Crippen LogP contribution in [0.15, 0.2) is 30.3 Å². The molecule has 3 rings (SSSR count). The molecule has 128 valence electrons. The van der Waals surface area contributed by atoms with Crippen LogP contribution in [0.1, 0.15) is 49.1 Å². The molecule has 0 heterocycles. The second-order valence-corrected chi connectivity index (χ2v) is 5.87. The molecule has 2 aromatic rings. The fraction of sp³-hybridized carbons (Fsp3) is 0.167. The van der Waals surface area contributed by atoms with Crippen molar-refractivity contribution in [2.45, 2.75) is 13.0 Å². The van der Waals surface area contributed by atoms with Gasteiger partial charge in [-0.3, -0.25) is 9.59 Å². The summed E-state index contributed by atoms with van der Waals surface area (Å²) in [5.41, 5.74) is 5.91. The van der Waals surface area contributed by atoms with Gasteiger partial charge in [-0.25, -0.2) is 4.79 Å². The Morgan fingerprint density at radius 1 is 1.16 bits per heavy atom. The Labute approximate surface area is 143 Å². The summed E-state index contributed by atoms with van der Waals surface area (Å²) in [5, 5.41) is 21.7. The van der Waals surface area contributed by atoms with Gasteiger partial charge in [0, 0.05) is 23.4 Å². The van der Waals surface area contributed by atoms with Crippen molar-refractivity contribution < 1.29 is 24.6 Å². The number of hydrogen-bond donors (Lipinski definition) is 4. The lowest BCUT2D eigenvalue weighted by atomic mass is 9.81. The molecular weight excluding hydrogens is 324 g/mol. The third-order valence-corrected chi connectivity index (χ3v) is 4.06. The number of nitrogens with two attached hydrogens (primary N) is 1. The number of carbonyl (C=O) groups excluding carboxylic acids is 2. The van der Waals surface area contributed by atoms with Crippen LogP contribution < -0.4 is 11.1 Å². The van der Waals surface area contributed by atoms with Crippen LogP contribution in [0.25, 0.3) is 0 Å². The number of carbonyl (C=O) groups is 3. The molecule has 7 nitrogen and oxygen atoms in total. The Morgan fingerprint density at radius 3 is 2.24 bits per heavy atom. The highest BCUT2D eigenvalue weighted by Gasteiger charge is 2.35. The zero-order chi connectivity index (χ0) is 18.3. The maximum atomic E-state index is 12.9. The van der Waals surface area contributed by atoms with E-state index >= 15 is 0 Å². The Morgan fingerprint density at radius 2 is 1.72 bits per heavy atom. The molecule has 5 N–H and O–H groups in total. The molecule has 1 unspecified atom stereocenters. The summed E-state index contributed by atoms with van der Waals surface area (Å²) in [6.07, 6.45) is -0.733. The molecule has 7 heteroatoms. The molecule has 0 aromatic heterocycles. The van der Waals surface area contributed by atoms with E-state index in [1.54, 1.807) is 12.1 Å². The normalized spacial score (nSPS) is 13.8. The smallest absolute Gasteiger partial charge is 0.337 e. The first-order chi connectivity index (χ1) is 11.8. The number of rotatable bonds is 4. The van der Waals surface area contributed by atoms with Crippen molar-refractivity contribution in [3.05, 3.63) is 58.1 Å². The molecule has 0 spiro atoms. The summed E-state index contributed by atoms with van der Waals surface area (Å²) in [6.45, 7) is 1.62. The molecule has 1 atom stereocenters. The van der Waals surface area contributed by atoms with Crippen molar-refractivity contribution in [1.29, 1.82) is 0 Å². The summed E-state index contributed by atoms with van der Waals surface area (Å²) in [4.78, 5) is 37.2. The van der Waals surface area contributed by atoms with E-state index in [0.29, 0.717) is 0 Å². The first-order valence-electron chi connectivity index (χ1n) is 7.63. The molecule has 2 aromatic carbocycles. The van der Waals surface area contributed by atoms with Crippen LogP contribution in [0.5, 0.6) is 0 Å². The monoisotopic (exact) mass is 340 g/mol. The molecule has 1 aliphatic rings. The molecule has 0 saturated carbocycles. The number of aliphatic hydroxyl groups is 1. The minimum absolute atomic E-state index is 0.0341. The van der Waals surface area contributed by atoms with Crippen molar-refractivity contribution in [1.82, 2.24) is 0 Å². The predicted octanol–water partition coefficient (Wildman–Crippen LogP) is 1.54. The van der Waals surface area contributed by atoms with E-state index in [2.05, 4.69) is 5.32 Å². The van der Waals surface area contributed by atoms with Gasteiger partial charge < -0.3 is 21.3 Å². The third-order valence-electron chi connectivity index (χ3n) is 4.06. The van der Waals surface area contributed by atoms with Crippen molar-refractivity contribution in [2.75, 3.05) is 17.6 Å². The second kappa shape index (κ2) is 6.03. The lowest BCUT2D eigenvalue weighted by Gasteiger charge is -2.23. The molecule has 0 amide bonds. The number of ketones is 2. The van der Waals surface area contributed by atoms with Crippen molar-refractivity contribution in [3.63, 3.8) is 0 Å². The number of anilines is 2. The zero-order valence-electron chi connectivity index (χ0n) is 13.4. The predicted molar refractivity (Wildman–Crippen MR) is 91.3 cm³/mol. The molecular formula is C18H16N2O5. The Hall–Kier alpha value is -3.19. The van der Waals surface area contributed by atoms with Crippen LogP contribution in [-0.4, -0.2) is 40.4 Å². The SMILES string of the molecule is CC(O)CNc1cc(C(=O)O)c(N)c2c1C(=O)c1ccccc1C2=O. The molecule has 1 aliphatic carbocycles. The highest BCUT2D eigenvalue weighted by molar-refractivity contribution is 6.32. The van der Waals surface area contributed by atoms with E-state index in [0.717, 1.165) is 0 Å². The van der Waals surface area contributed by atoms with Crippen LogP contribution in [0.3, 0.4) is 0 Å². The number of carboxylic acid groups (broad SMARTS) is 1. The van der Waals surface area contributed by atoms with Crippen molar-refractivity contribution >= 4 is 28.9 Å². The van der Waals surface area contributed by atoms with Crippen molar-refractivity contribution in [2.24, 2.45) is 0 Å². The standard InChI is InChI=1S/C18H16N2O5/c1-8(21)7-20-12-6-11(18(24)25)15(19)14-13(12)16(22)9-4-2-3-5-10(9)17(14)23/h2-6,8,20-21H,7,19H2,1H3,(H,24,25). The number of aromatic carboxylic acids is 1. The van der Waals surface area contributed by atoms with Crippen LogP contribution in [-0.2, 0) is 0 Å². The summed E-state index contributed by atoms with van der Waals surface area (Å²) in [6, 6.07) is 7.54. The summed E-state index contributed by atoms with van der Waals surface area (Å²) >= 11 is 0. The maximum Gasteiger partial charge on any atom is 0.337 e. The van der Waals surface area contributed by atoms with E-state index < -0.39 is 23.6 Å². The highest BCUT2D eigenvalue weighted by atomic mass is 16.4. The van der Waals surface area contributed by atoms with E-state index in [-0.39, 0.29) is 45.7 Å². The lowest BCUT2D eigenvalue weighted by molar-refractivity contribution is 0.0697. The topological polar surface area (TPSA) is 130 Å². The largest absolute Gasteiger partial charge is 0.478 e. The second-order valence-electron chi connectivity index (χ2n) is 5.87. The van der Waals surface area contributed by atoms with Gasteiger partial charge in [0.05, 0.1) is 28.5 Å². The lowest BCUT2D eigenvalue weighted by Crippen LogP contribution is -2.26. The quantitative estimate of drug-likeness (QED) is 0.530. The zero-order valence-corrected chi connectivity index (χ0v) is 13.4. The Kier molecular flexibility index (Phi) is 4.02. The van der Waals surface area contributed by atoms with E-state index in [4.69, 9.17) is 5.73 Å². The van der Waals surface area contributed by atoms with Gasteiger partial charge in [-0.15, -0.1) is 0 Å². The number of fused-ring (bicyclic) bond motifs is 2. The molecule has 0 radical (unpaired) electrons. The van der Waals surface area contributed by atoms with Gasteiger partial charge in [0.2, 0.25) is 0 Å². The van der Waals surface area contributed by atoms with Gasteiger partial charge in [-0.2, -0.15) is 0 Å². The van der Waals surface area contributed by atoms with Gasteiger partial charge >= 0.3 is 5.97 Å². The first-order valence-corrected chi connectivity index (χ1v) is 7.63. The number of aliphatic hydroxyl groups excluding tert-OH is 1. The summed E-state index contributed by atoms with van der Waals surface area (Å²) in [7, 11) is 0. The third kappa shape index (κ3) is 2.64. The van der Waals surface area contributed by atoms with Crippen LogP contribution in [0.4, 0.5) is 11.4 Å². The number of benzene rings is 2. The van der Waals surface area contributed by atoms with Crippen LogP contribution in [0.2, 0.25) is 0 Å². The molecule has 25 heavy (non-hydrogen) atoms. The van der Waals surface area contributed by atoms with E-state index in [1.165, 1.54) is 25.1 Å².